The second-order valence-corrected chi connectivity index (χ2v) is 6.47. The minimum absolute atomic E-state index is 0.0899. The van der Waals surface area contributed by atoms with Gasteiger partial charge in [0.1, 0.15) is 0 Å². The molecule has 1 unspecified atom stereocenters. The number of anilines is 1. The lowest BCUT2D eigenvalue weighted by atomic mass is 9.70. The molecule has 0 radical (unpaired) electrons. The van der Waals surface area contributed by atoms with Crippen LogP contribution < -0.4 is 10.9 Å². The number of alkyl halides is 2. The van der Waals surface area contributed by atoms with Gasteiger partial charge >= 0.3 is 0 Å². The molecule has 0 bridgehead atoms. The molecule has 1 aliphatic carbocycles. The highest BCUT2D eigenvalue weighted by molar-refractivity contribution is 6.31. The molecule has 8 heteroatoms. The van der Waals surface area contributed by atoms with E-state index in [1.54, 1.807) is 13.8 Å². The van der Waals surface area contributed by atoms with Crippen LogP contribution in [0.3, 0.4) is 0 Å². The molecule has 1 atom stereocenters. The predicted molar refractivity (Wildman–Crippen MR) is 74.9 cm³/mol. The average Bonchev–Trinajstić information content (AvgIpc) is 2.33. The van der Waals surface area contributed by atoms with E-state index in [0.29, 0.717) is 6.42 Å². The van der Waals surface area contributed by atoms with E-state index in [9.17, 15) is 13.6 Å². The molecule has 0 aromatic carbocycles. The average molecular weight is 319 g/mol. The summed E-state index contributed by atoms with van der Waals surface area (Å²) >= 11 is 5.78. The van der Waals surface area contributed by atoms with Crippen molar-refractivity contribution in [2.75, 3.05) is 5.43 Å². The van der Waals surface area contributed by atoms with E-state index in [1.165, 1.54) is 12.4 Å². The van der Waals surface area contributed by atoms with Crippen molar-refractivity contribution in [2.24, 2.45) is 11.3 Å². The van der Waals surface area contributed by atoms with Crippen molar-refractivity contribution in [3.63, 3.8) is 0 Å². The van der Waals surface area contributed by atoms with E-state index in [-0.39, 0.29) is 17.4 Å². The Bertz CT molecular complexity index is 523. The number of hydrogen-bond acceptors (Lipinski definition) is 4. The summed E-state index contributed by atoms with van der Waals surface area (Å²) in [5.74, 6) is -3.90. The van der Waals surface area contributed by atoms with Crippen molar-refractivity contribution in [1.82, 2.24) is 15.4 Å². The summed E-state index contributed by atoms with van der Waals surface area (Å²) < 4.78 is 27.4. The van der Waals surface area contributed by atoms with Crippen LogP contribution in [-0.4, -0.2) is 21.8 Å². The molecular formula is C13H17ClF2N4O. The third kappa shape index (κ3) is 4.23. The molecule has 1 saturated carbocycles. The van der Waals surface area contributed by atoms with Gasteiger partial charge in [0.05, 0.1) is 0 Å². The van der Waals surface area contributed by atoms with E-state index >= 15 is 0 Å². The van der Waals surface area contributed by atoms with Crippen LogP contribution in [0, 0.1) is 11.3 Å². The highest BCUT2D eigenvalue weighted by Gasteiger charge is 2.47. The number of nitrogens with one attached hydrogen (secondary N) is 2. The van der Waals surface area contributed by atoms with Crippen LogP contribution >= 0.6 is 11.6 Å². The first-order valence-electron chi connectivity index (χ1n) is 6.59. The van der Waals surface area contributed by atoms with Crippen LogP contribution in [0.2, 0.25) is 5.15 Å². The minimum Gasteiger partial charge on any atom is -0.279 e. The van der Waals surface area contributed by atoms with Gasteiger partial charge < -0.3 is 0 Å². The standard InChI is InChI=1S/C13H17ClF2N4O/c1-12(2)5-8(6-13(15,16)7-12)11(21)20-19-10-9(14)17-3-4-18-10/h3-4,8H,5-7H2,1-2H3,(H,18,19)(H,20,21). The maximum absolute atomic E-state index is 13.7. The van der Waals surface area contributed by atoms with Gasteiger partial charge in [0.2, 0.25) is 11.8 Å². The zero-order valence-corrected chi connectivity index (χ0v) is 12.5. The number of hydrogen-bond donors (Lipinski definition) is 2. The second kappa shape index (κ2) is 5.71. The third-order valence-corrected chi connectivity index (χ3v) is 3.69. The van der Waals surface area contributed by atoms with Gasteiger partial charge in [-0.25, -0.2) is 18.7 Å². The maximum Gasteiger partial charge on any atom is 0.249 e. The summed E-state index contributed by atoms with van der Waals surface area (Å²) in [5.41, 5.74) is 4.32. The number of aromatic nitrogens is 2. The molecule has 1 amide bonds. The fraction of sp³-hybridized carbons (Fsp3) is 0.615. The number of halogens is 3. The Balaban J connectivity index is 1.99. The number of rotatable bonds is 3. The molecule has 0 saturated heterocycles. The van der Waals surface area contributed by atoms with Gasteiger partial charge in [0.15, 0.2) is 11.0 Å². The fourth-order valence-electron chi connectivity index (χ4n) is 2.76. The molecule has 5 nitrogen and oxygen atoms in total. The van der Waals surface area contributed by atoms with Gasteiger partial charge in [-0.1, -0.05) is 25.4 Å². The van der Waals surface area contributed by atoms with Gasteiger partial charge in [-0.3, -0.25) is 15.6 Å². The van der Waals surface area contributed by atoms with E-state index in [4.69, 9.17) is 11.6 Å². The molecule has 2 rings (SSSR count). The van der Waals surface area contributed by atoms with Crippen LogP contribution in [0.1, 0.15) is 33.1 Å². The lowest BCUT2D eigenvalue weighted by Crippen LogP contribution is -2.44. The van der Waals surface area contributed by atoms with Gasteiger partial charge in [-0.2, -0.15) is 0 Å². The van der Waals surface area contributed by atoms with E-state index < -0.39 is 29.6 Å². The normalized spacial score (nSPS) is 23.4. The summed E-state index contributed by atoms with van der Waals surface area (Å²) in [5, 5.41) is 0.0899. The third-order valence-electron chi connectivity index (χ3n) is 3.41. The Morgan fingerprint density at radius 2 is 2.00 bits per heavy atom. The van der Waals surface area contributed by atoms with Crippen molar-refractivity contribution in [2.45, 2.75) is 39.0 Å². The van der Waals surface area contributed by atoms with Gasteiger partial charge in [-0.15, -0.1) is 0 Å². The van der Waals surface area contributed by atoms with E-state index in [2.05, 4.69) is 20.8 Å². The Kier molecular flexibility index (Phi) is 4.32. The summed E-state index contributed by atoms with van der Waals surface area (Å²) in [6, 6.07) is 0. The SMILES string of the molecule is CC1(C)CC(C(=O)NNc2nccnc2Cl)CC(F)(F)C1. The Labute approximate surface area is 126 Å². The molecule has 1 fully saturated rings. The van der Waals surface area contributed by atoms with Crippen molar-refractivity contribution in [1.29, 1.82) is 0 Å². The van der Waals surface area contributed by atoms with Gasteiger partial charge in [0, 0.05) is 31.2 Å². The molecule has 116 valence electrons. The van der Waals surface area contributed by atoms with E-state index in [0.717, 1.165) is 0 Å². The maximum atomic E-state index is 13.7. The summed E-state index contributed by atoms with van der Waals surface area (Å²) in [6.07, 6.45) is 2.56. The number of hydrazine groups is 1. The highest BCUT2D eigenvalue weighted by Crippen LogP contribution is 2.46. The van der Waals surface area contributed by atoms with Gasteiger partial charge in [0.25, 0.3) is 0 Å². The highest BCUT2D eigenvalue weighted by atomic mass is 35.5. The predicted octanol–water partition coefficient (Wildman–Crippen LogP) is 3.03. The molecule has 0 spiro atoms. The monoisotopic (exact) mass is 318 g/mol. The largest absolute Gasteiger partial charge is 0.279 e. The minimum atomic E-state index is -2.83. The lowest BCUT2D eigenvalue weighted by Gasteiger charge is -2.39. The smallest absolute Gasteiger partial charge is 0.249 e. The van der Waals surface area contributed by atoms with Crippen LogP contribution in [0.4, 0.5) is 14.6 Å². The number of carbonyl (C=O) groups is 1. The van der Waals surface area contributed by atoms with Crippen molar-refractivity contribution in [3.8, 4) is 0 Å². The second-order valence-electron chi connectivity index (χ2n) is 6.11. The first-order valence-corrected chi connectivity index (χ1v) is 6.97. The Morgan fingerprint density at radius 1 is 1.33 bits per heavy atom. The van der Waals surface area contributed by atoms with Crippen LogP contribution in [-0.2, 0) is 4.79 Å². The Hall–Kier alpha value is -1.50. The van der Waals surface area contributed by atoms with Crippen LogP contribution in [0.15, 0.2) is 12.4 Å². The van der Waals surface area contributed by atoms with Crippen molar-refractivity contribution in [3.05, 3.63) is 17.5 Å². The molecule has 21 heavy (non-hydrogen) atoms. The number of amides is 1. The number of carbonyl (C=O) groups excluding carboxylic acids is 1. The fourth-order valence-corrected chi connectivity index (χ4v) is 2.91. The topological polar surface area (TPSA) is 66.9 Å². The number of nitrogens with zero attached hydrogens (tertiary/aromatic N) is 2. The molecule has 1 aromatic rings. The van der Waals surface area contributed by atoms with Crippen LogP contribution in [0.25, 0.3) is 0 Å². The Morgan fingerprint density at radius 3 is 2.62 bits per heavy atom. The quantitative estimate of drug-likeness (QED) is 0.841. The first-order chi connectivity index (χ1) is 9.69. The first kappa shape index (κ1) is 15.9. The van der Waals surface area contributed by atoms with Crippen molar-refractivity contribution >= 4 is 23.3 Å². The summed E-state index contributed by atoms with van der Waals surface area (Å²) in [4.78, 5) is 19.7. The molecule has 1 aromatic heterocycles. The zero-order chi connectivity index (χ0) is 15.7. The molecule has 1 heterocycles. The summed E-state index contributed by atoms with van der Waals surface area (Å²) in [7, 11) is 0. The molecule has 1 aliphatic rings. The van der Waals surface area contributed by atoms with E-state index in [1.807, 2.05) is 0 Å². The zero-order valence-electron chi connectivity index (χ0n) is 11.8. The van der Waals surface area contributed by atoms with Crippen LogP contribution in [0.5, 0.6) is 0 Å². The van der Waals surface area contributed by atoms with Gasteiger partial charge in [-0.05, 0) is 11.8 Å². The molecular weight excluding hydrogens is 302 g/mol. The lowest BCUT2D eigenvalue weighted by molar-refractivity contribution is -0.139. The summed E-state index contributed by atoms with van der Waals surface area (Å²) in [6.45, 7) is 3.49. The molecule has 2 N–H and O–H groups in total. The van der Waals surface area contributed by atoms with Crippen molar-refractivity contribution < 1.29 is 13.6 Å². The molecule has 0 aliphatic heterocycles.